The molecule has 1 atom stereocenters. The molecule has 138 valence electrons. The molecule has 8 N–H and O–H groups in total. The van der Waals surface area contributed by atoms with E-state index in [4.69, 9.17) is 20.6 Å². The van der Waals surface area contributed by atoms with Gasteiger partial charge in [0.25, 0.3) is 0 Å². The fraction of sp³-hybridized carbons (Fsp3) is 0.636. The highest BCUT2D eigenvalue weighted by Crippen LogP contribution is 2.33. The number of nitrogens with one attached hydrogen (secondary N) is 3. The third kappa shape index (κ3) is 11.5. The Bertz CT molecular complexity index is 520. The lowest BCUT2D eigenvalue weighted by Gasteiger charge is -2.15. The first-order chi connectivity index (χ1) is 11.0. The van der Waals surface area contributed by atoms with Crippen LogP contribution in [0, 0.1) is 0 Å². The first-order valence-electron chi connectivity index (χ1n) is 6.85. The van der Waals surface area contributed by atoms with Crippen molar-refractivity contribution in [3.05, 3.63) is 0 Å². The van der Waals surface area contributed by atoms with Crippen LogP contribution >= 0.6 is 7.60 Å². The highest BCUT2D eigenvalue weighted by molar-refractivity contribution is 7.52. The Morgan fingerprint density at radius 1 is 1.04 bits per heavy atom. The van der Waals surface area contributed by atoms with E-state index in [2.05, 4.69) is 16.0 Å². The summed E-state index contributed by atoms with van der Waals surface area (Å²) in [5.41, 5.74) is 5.03. The lowest BCUT2D eigenvalue weighted by atomic mass is 10.1. The van der Waals surface area contributed by atoms with Gasteiger partial charge < -0.3 is 36.6 Å². The molecular weight excluding hydrogens is 347 g/mol. The van der Waals surface area contributed by atoms with Crippen molar-refractivity contribution >= 4 is 31.3 Å². The smallest absolute Gasteiger partial charge is 0.334 e. The van der Waals surface area contributed by atoms with Crippen LogP contribution in [0.25, 0.3) is 0 Å². The van der Waals surface area contributed by atoms with Crippen molar-refractivity contribution in [1.82, 2.24) is 16.0 Å². The number of carbonyl (C=O) groups is 4. The summed E-state index contributed by atoms with van der Waals surface area (Å²) in [4.78, 5) is 61.8. The molecule has 0 saturated carbocycles. The molecule has 3 amide bonds. The average molecular weight is 368 g/mol. The van der Waals surface area contributed by atoms with Crippen LogP contribution in [0.15, 0.2) is 0 Å². The zero-order valence-electron chi connectivity index (χ0n) is 12.7. The molecule has 0 aromatic rings. The molecule has 0 radical (unpaired) electrons. The van der Waals surface area contributed by atoms with Crippen LogP contribution in [0.2, 0.25) is 0 Å². The van der Waals surface area contributed by atoms with E-state index in [9.17, 15) is 23.7 Å². The van der Waals surface area contributed by atoms with E-state index in [0.29, 0.717) is 0 Å². The fourth-order valence-corrected chi connectivity index (χ4v) is 2.02. The van der Waals surface area contributed by atoms with Crippen LogP contribution in [0.1, 0.15) is 12.8 Å². The van der Waals surface area contributed by atoms with Crippen molar-refractivity contribution in [2.24, 2.45) is 5.73 Å². The molecule has 0 aliphatic carbocycles. The first-order valence-corrected chi connectivity index (χ1v) is 8.65. The molecule has 0 fully saturated rings. The number of carboxylic acid groups (broad SMARTS) is 1. The molecule has 13 heteroatoms. The molecule has 0 aromatic carbocycles. The van der Waals surface area contributed by atoms with Gasteiger partial charge in [0.05, 0.1) is 13.1 Å². The number of hydrogen-bond acceptors (Lipinski definition) is 6. The summed E-state index contributed by atoms with van der Waals surface area (Å²) in [6, 6.07) is -1.23. The van der Waals surface area contributed by atoms with Crippen molar-refractivity contribution in [2.45, 2.75) is 18.9 Å². The summed E-state index contributed by atoms with van der Waals surface area (Å²) in [5, 5.41) is 15.6. The minimum absolute atomic E-state index is 0.0115. The van der Waals surface area contributed by atoms with Crippen LogP contribution in [-0.2, 0) is 23.7 Å². The maximum Gasteiger partial charge on any atom is 0.334 e. The van der Waals surface area contributed by atoms with Gasteiger partial charge in [-0.25, -0.2) is 4.79 Å². The Hall–Kier alpha value is -2.01. The molecule has 24 heavy (non-hydrogen) atoms. The predicted octanol–water partition coefficient (Wildman–Crippen LogP) is -3.30. The van der Waals surface area contributed by atoms with Crippen molar-refractivity contribution in [3.63, 3.8) is 0 Å². The van der Waals surface area contributed by atoms with Gasteiger partial charge in [0, 0.05) is 6.54 Å². The normalized spacial score (nSPS) is 12.1. The summed E-state index contributed by atoms with van der Waals surface area (Å²) in [7, 11) is -4.45. The van der Waals surface area contributed by atoms with Crippen molar-refractivity contribution in [2.75, 3.05) is 25.8 Å². The topological polar surface area (TPSA) is 208 Å². The number of aliphatic carboxylic acids is 1. The van der Waals surface area contributed by atoms with Gasteiger partial charge in [0.15, 0.2) is 0 Å². The molecule has 0 saturated heterocycles. The summed E-state index contributed by atoms with van der Waals surface area (Å²) in [6.07, 6.45) is -0.825. The van der Waals surface area contributed by atoms with E-state index in [1.807, 2.05) is 0 Å². The zero-order chi connectivity index (χ0) is 18.8. The summed E-state index contributed by atoms with van der Waals surface area (Å²) in [5.74, 6) is -3.43. The van der Waals surface area contributed by atoms with Gasteiger partial charge in [-0.05, 0) is 12.8 Å². The number of nitrogens with two attached hydrogens (primary N) is 1. The van der Waals surface area contributed by atoms with Crippen LogP contribution in [0.5, 0.6) is 0 Å². The Balaban J connectivity index is 4.15. The second kappa shape index (κ2) is 10.7. The van der Waals surface area contributed by atoms with E-state index < -0.39 is 50.0 Å². The largest absolute Gasteiger partial charge is 0.480 e. The SMILES string of the molecule is NCC(=O)NCC(=O)N[C@@H](CCCNC(=O)CP(=O)(O)O)C(=O)O. The van der Waals surface area contributed by atoms with Gasteiger partial charge in [0.2, 0.25) is 17.7 Å². The van der Waals surface area contributed by atoms with Crippen LogP contribution in [-0.4, -0.2) is 70.4 Å². The van der Waals surface area contributed by atoms with E-state index >= 15 is 0 Å². The molecule has 0 aliphatic rings. The first kappa shape index (κ1) is 22.0. The molecule has 0 aromatic heterocycles. The Morgan fingerprint density at radius 3 is 2.17 bits per heavy atom. The number of rotatable bonds is 11. The maximum absolute atomic E-state index is 11.5. The lowest BCUT2D eigenvalue weighted by molar-refractivity contribution is -0.141. The van der Waals surface area contributed by atoms with Gasteiger partial charge in [-0.1, -0.05) is 0 Å². The second-order valence-corrected chi connectivity index (χ2v) is 6.40. The number of carboxylic acids is 1. The highest BCUT2D eigenvalue weighted by Gasteiger charge is 2.21. The van der Waals surface area contributed by atoms with Crippen LogP contribution in [0.4, 0.5) is 0 Å². The predicted molar refractivity (Wildman–Crippen MR) is 80.8 cm³/mol. The third-order valence-electron chi connectivity index (χ3n) is 2.61. The number of hydrogen-bond donors (Lipinski definition) is 7. The van der Waals surface area contributed by atoms with E-state index in [1.165, 1.54) is 0 Å². The fourth-order valence-electron chi connectivity index (χ4n) is 1.53. The van der Waals surface area contributed by atoms with Crippen molar-refractivity contribution in [3.8, 4) is 0 Å². The van der Waals surface area contributed by atoms with E-state index in [0.717, 1.165) is 0 Å². The van der Waals surface area contributed by atoms with Gasteiger partial charge in [-0.15, -0.1) is 0 Å². The molecular formula is C11H21N4O8P. The molecule has 0 heterocycles. The molecule has 12 nitrogen and oxygen atoms in total. The molecule has 0 rings (SSSR count). The van der Waals surface area contributed by atoms with Crippen molar-refractivity contribution < 1.29 is 38.6 Å². The quantitative estimate of drug-likeness (QED) is 0.144. The van der Waals surface area contributed by atoms with E-state index in [-0.39, 0.29) is 25.9 Å². The van der Waals surface area contributed by atoms with Crippen molar-refractivity contribution in [1.29, 1.82) is 0 Å². The van der Waals surface area contributed by atoms with Crippen LogP contribution < -0.4 is 21.7 Å². The Kier molecular flexibility index (Phi) is 9.81. The van der Waals surface area contributed by atoms with Gasteiger partial charge in [0.1, 0.15) is 12.2 Å². The van der Waals surface area contributed by atoms with Gasteiger partial charge in [-0.2, -0.15) is 0 Å². The lowest BCUT2D eigenvalue weighted by Crippen LogP contribution is -2.46. The number of carbonyl (C=O) groups excluding carboxylic acids is 3. The number of amides is 3. The summed E-state index contributed by atoms with van der Waals surface area (Å²) in [6.45, 7) is -0.731. The maximum atomic E-state index is 11.5. The molecule has 0 aliphatic heterocycles. The Morgan fingerprint density at radius 2 is 1.67 bits per heavy atom. The van der Waals surface area contributed by atoms with Gasteiger partial charge in [-0.3, -0.25) is 18.9 Å². The molecule has 0 bridgehead atoms. The summed E-state index contributed by atoms with van der Waals surface area (Å²) >= 11 is 0. The third-order valence-corrected chi connectivity index (χ3v) is 3.31. The molecule has 0 spiro atoms. The minimum Gasteiger partial charge on any atom is -0.480 e. The standard InChI is InChI=1S/C11H21N4O8P/c12-4-8(16)14-5-9(17)15-7(11(19)20)2-1-3-13-10(18)6-24(21,22)23/h7H,1-6,12H2,(H,13,18)(H,14,16)(H,15,17)(H,19,20)(H2,21,22,23)/t7-/m0/s1. The average Bonchev–Trinajstić information content (AvgIpc) is 2.45. The van der Waals surface area contributed by atoms with Gasteiger partial charge >= 0.3 is 13.6 Å². The van der Waals surface area contributed by atoms with Crippen LogP contribution in [0.3, 0.4) is 0 Å². The Labute approximate surface area is 137 Å². The minimum atomic E-state index is -4.45. The monoisotopic (exact) mass is 368 g/mol. The van der Waals surface area contributed by atoms with E-state index in [1.54, 1.807) is 0 Å². The summed E-state index contributed by atoms with van der Waals surface area (Å²) < 4.78 is 10.6. The second-order valence-electron chi connectivity index (χ2n) is 4.75. The molecule has 0 unspecified atom stereocenters. The highest BCUT2D eigenvalue weighted by atomic mass is 31.2. The zero-order valence-corrected chi connectivity index (χ0v) is 13.6.